The molecule has 0 saturated heterocycles. The number of nitrogens with one attached hydrogen (secondary N) is 2. The molecule has 2 aromatic carbocycles. The van der Waals surface area contributed by atoms with Gasteiger partial charge in [0.25, 0.3) is 0 Å². The Bertz CT molecular complexity index is 576. The van der Waals surface area contributed by atoms with E-state index in [1.807, 2.05) is 12.1 Å². The molecule has 2 heterocycles. The van der Waals surface area contributed by atoms with Gasteiger partial charge in [0.15, 0.2) is 0 Å². The lowest BCUT2D eigenvalue weighted by atomic mass is 10.1. The number of H-pyrrole nitrogens is 2. The molecule has 4 aromatic rings. The lowest BCUT2D eigenvalue weighted by molar-refractivity contribution is 1.31. The predicted octanol–water partition coefficient (Wildman–Crippen LogP) is 4.17. The predicted molar refractivity (Wildman–Crippen MR) is 89.1 cm³/mol. The topological polar surface area (TPSA) is 57.4 Å². The molecular formula is C18H18N4. The average Bonchev–Trinajstić information content (AvgIpc) is 3.34. The molecule has 0 aliphatic carbocycles. The molecular weight excluding hydrogens is 272 g/mol. The Labute approximate surface area is 129 Å². The van der Waals surface area contributed by atoms with Gasteiger partial charge in [-0.15, -0.1) is 0 Å². The van der Waals surface area contributed by atoms with Gasteiger partial charge in [-0.2, -0.15) is 0 Å². The van der Waals surface area contributed by atoms with Crippen LogP contribution >= 0.6 is 0 Å². The van der Waals surface area contributed by atoms with E-state index < -0.39 is 0 Å². The van der Waals surface area contributed by atoms with Gasteiger partial charge in [0.2, 0.25) is 0 Å². The number of benzene rings is 2. The van der Waals surface area contributed by atoms with Crippen molar-refractivity contribution < 1.29 is 0 Å². The van der Waals surface area contributed by atoms with Crippen molar-refractivity contribution in [1.82, 2.24) is 19.9 Å². The zero-order valence-electron chi connectivity index (χ0n) is 12.1. The molecule has 0 spiro atoms. The summed E-state index contributed by atoms with van der Waals surface area (Å²) in [6.07, 6.45) is 10.2. The SMILES string of the molecule is c1c[nH]cn1.c1c[nH]cn1.c1ccc(-c2ccccc2)cc1. The standard InChI is InChI=1S/C12H10.2C3H4N2/c1-3-7-11(8-4-1)12-9-5-2-6-10-12;2*1-2-5-3-4-1/h1-10H;2*1-3H,(H,4,5). The lowest BCUT2D eigenvalue weighted by Crippen LogP contribution is -1.73. The van der Waals surface area contributed by atoms with Gasteiger partial charge in [-0.05, 0) is 11.1 Å². The van der Waals surface area contributed by atoms with Crippen LogP contribution < -0.4 is 0 Å². The van der Waals surface area contributed by atoms with Gasteiger partial charge in [0.1, 0.15) is 0 Å². The van der Waals surface area contributed by atoms with Crippen LogP contribution in [0.25, 0.3) is 11.1 Å². The van der Waals surface area contributed by atoms with Gasteiger partial charge < -0.3 is 9.97 Å². The molecule has 4 nitrogen and oxygen atoms in total. The maximum Gasteiger partial charge on any atom is 0.0919 e. The minimum Gasteiger partial charge on any atom is -0.351 e. The minimum absolute atomic E-state index is 1.28. The van der Waals surface area contributed by atoms with E-state index in [9.17, 15) is 0 Å². The normalized spacial score (nSPS) is 8.91. The molecule has 2 N–H and O–H groups in total. The summed E-state index contributed by atoms with van der Waals surface area (Å²) in [4.78, 5) is 12.8. The second-order valence-corrected chi connectivity index (χ2v) is 4.25. The van der Waals surface area contributed by atoms with Crippen LogP contribution in [0, 0.1) is 0 Å². The van der Waals surface area contributed by atoms with Crippen LogP contribution in [0.3, 0.4) is 0 Å². The van der Waals surface area contributed by atoms with Crippen LogP contribution in [0.1, 0.15) is 0 Å². The van der Waals surface area contributed by atoms with Gasteiger partial charge >= 0.3 is 0 Å². The Balaban J connectivity index is 0.000000145. The van der Waals surface area contributed by atoms with Crippen molar-refractivity contribution in [1.29, 1.82) is 0 Å². The van der Waals surface area contributed by atoms with Gasteiger partial charge in [0.05, 0.1) is 12.7 Å². The van der Waals surface area contributed by atoms with E-state index in [2.05, 4.69) is 68.5 Å². The van der Waals surface area contributed by atoms with E-state index >= 15 is 0 Å². The monoisotopic (exact) mass is 290 g/mol. The minimum atomic E-state index is 1.28. The van der Waals surface area contributed by atoms with Gasteiger partial charge in [-0.1, -0.05) is 60.7 Å². The summed E-state index contributed by atoms with van der Waals surface area (Å²) in [5.74, 6) is 0. The van der Waals surface area contributed by atoms with Crippen molar-refractivity contribution in [2.45, 2.75) is 0 Å². The van der Waals surface area contributed by atoms with E-state index in [0.29, 0.717) is 0 Å². The third-order valence-corrected chi connectivity index (χ3v) is 2.69. The van der Waals surface area contributed by atoms with Crippen molar-refractivity contribution in [2.75, 3.05) is 0 Å². The van der Waals surface area contributed by atoms with E-state index in [0.717, 1.165) is 0 Å². The second kappa shape index (κ2) is 9.72. The fraction of sp³-hybridized carbons (Fsp3) is 0. The fourth-order valence-electron chi connectivity index (χ4n) is 1.69. The molecule has 0 atom stereocenters. The number of rotatable bonds is 1. The Morgan fingerprint density at radius 3 is 1.18 bits per heavy atom. The third-order valence-electron chi connectivity index (χ3n) is 2.69. The Kier molecular flexibility index (Phi) is 6.74. The summed E-state index contributed by atoms with van der Waals surface area (Å²) in [7, 11) is 0. The molecule has 2 aromatic heterocycles. The summed E-state index contributed by atoms with van der Waals surface area (Å²) >= 11 is 0. The zero-order chi connectivity index (χ0) is 15.3. The molecule has 0 radical (unpaired) electrons. The maximum absolute atomic E-state index is 3.67. The van der Waals surface area contributed by atoms with Crippen molar-refractivity contribution in [3.8, 4) is 11.1 Å². The number of hydrogen-bond acceptors (Lipinski definition) is 2. The highest BCUT2D eigenvalue weighted by Gasteiger charge is 1.91. The molecule has 0 aliphatic heterocycles. The van der Waals surface area contributed by atoms with Gasteiger partial charge in [-0.25, -0.2) is 9.97 Å². The van der Waals surface area contributed by atoms with Crippen LogP contribution in [0.2, 0.25) is 0 Å². The molecule has 0 aliphatic rings. The Hall–Kier alpha value is -3.14. The molecule has 4 heteroatoms. The molecule has 110 valence electrons. The molecule has 4 rings (SSSR count). The first-order valence-corrected chi connectivity index (χ1v) is 6.93. The summed E-state index contributed by atoms with van der Waals surface area (Å²) in [5, 5.41) is 0. The summed E-state index contributed by atoms with van der Waals surface area (Å²) in [6.45, 7) is 0. The quantitative estimate of drug-likeness (QED) is 0.552. The van der Waals surface area contributed by atoms with Crippen LogP contribution in [0.5, 0.6) is 0 Å². The first-order valence-electron chi connectivity index (χ1n) is 6.93. The molecule has 0 saturated carbocycles. The highest BCUT2D eigenvalue weighted by Crippen LogP contribution is 2.17. The molecule has 22 heavy (non-hydrogen) atoms. The largest absolute Gasteiger partial charge is 0.351 e. The Morgan fingerprint density at radius 1 is 0.545 bits per heavy atom. The summed E-state index contributed by atoms with van der Waals surface area (Å²) < 4.78 is 0. The Morgan fingerprint density at radius 2 is 0.955 bits per heavy atom. The number of nitrogens with zero attached hydrogens (tertiary/aromatic N) is 2. The van der Waals surface area contributed by atoms with E-state index in [4.69, 9.17) is 0 Å². The fourth-order valence-corrected chi connectivity index (χ4v) is 1.69. The smallest absolute Gasteiger partial charge is 0.0919 e. The second-order valence-electron chi connectivity index (χ2n) is 4.25. The van der Waals surface area contributed by atoms with E-state index in [1.54, 1.807) is 37.4 Å². The molecule has 0 bridgehead atoms. The third kappa shape index (κ3) is 5.88. The first kappa shape index (κ1) is 15.3. The van der Waals surface area contributed by atoms with Crippen molar-refractivity contribution in [3.63, 3.8) is 0 Å². The molecule has 0 amide bonds. The van der Waals surface area contributed by atoms with Crippen LogP contribution in [-0.4, -0.2) is 19.9 Å². The molecule has 0 unspecified atom stereocenters. The summed E-state index contributed by atoms with van der Waals surface area (Å²) in [5.41, 5.74) is 2.55. The van der Waals surface area contributed by atoms with Crippen LogP contribution in [-0.2, 0) is 0 Å². The van der Waals surface area contributed by atoms with Crippen molar-refractivity contribution >= 4 is 0 Å². The number of imidazole rings is 2. The van der Waals surface area contributed by atoms with Crippen molar-refractivity contribution in [3.05, 3.63) is 98.1 Å². The highest BCUT2D eigenvalue weighted by molar-refractivity contribution is 5.62. The van der Waals surface area contributed by atoms with Gasteiger partial charge in [0, 0.05) is 24.8 Å². The summed E-state index contributed by atoms with van der Waals surface area (Å²) in [6, 6.07) is 20.8. The van der Waals surface area contributed by atoms with Crippen molar-refractivity contribution in [2.24, 2.45) is 0 Å². The number of aromatic nitrogens is 4. The molecule has 0 fully saturated rings. The highest BCUT2D eigenvalue weighted by atomic mass is 14.8. The van der Waals surface area contributed by atoms with Gasteiger partial charge in [-0.3, -0.25) is 0 Å². The van der Waals surface area contributed by atoms with E-state index in [1.165, 1.54) is 11.1 Å². The average molecular weight is 290 g/mol. The number of hydrogen-bond donors (Lipinski definition) is 2. The zero-order valence-corrected chi connectivity index (χ0v) is 12.1. The number of aromatic amines is 2. The lowest BCUT2D eigenvalue weighted by Gasteiger charge is -1.98. The van der Waals surface area contributed by atoms with Crippen LogP contribution in [0.4, 0.5) is 0 Å². The maximum atomic E-state index is 3.67. The first-order chi connectivity index (χ1) is 11.0. The van der Waals surface area contributed by atoms with Crippen LogP contribution in [0.15, 0.2) is 98.1 Å². The van der Waals surface area contributed by atoms with E-state index in [-0.39, 0.29) is 0 Å².